The normalized spacial score (nSPS) is 0. The number of hydrogen-bond acceptors (Lipinski definition) is 2. The zero-order valence-electron chi connectivity index (χ0n) is 3.89. The zero-order valence-corrected chi connectivity index (χ0v) is 10.2. The molecule has 0 heterocycles. The minimum Gasteiger partial charge on any atom is -0.870 e. The van der Waals surface area contributed by atoms with Crippen LogP contribution in [0.2, 0.25) is 0 Å². The van der Waals surface area contributed by atoms with Gasteiger partial charge in [-0.2, -0.15) is 0 Å². The van der Waals surface area contributed by atoms with E-state index in [1.54, 1.807) is 0 Å². The molecule has 0 fully saturated rings. The van der Waals surface area contributed by atoms with E-state index in [0.29, 0.717) is 0 Å². The van der Waals surface area contributed by atoms with E-state index in [0.717, 1.165) is 0 Å². The van der Waals surface area contributed by atoms with Crippen molar-refractivity contribution >= 4 is 0 Å². The maximum absolute atomic E-state index is 0. The maximum Gasteiger partial charge on any atom is 1.00 e. The van der Waals surface area contributed by atoms with Gasteiger partial charge in [0.1, 0.15) is 0 Å². The van der Waals surface area contributed by atoms with Gasteiger partial charge < -0.3 is 21.9 Å². The van der Waals surface area contributed by atoms with Gasteiger partial charge in [-0.15, -0.1) is 0 Å². The Labute approximate surface area is 107 Å². The molecule has 0 radical (unpaired) electrons. The van der Waals surface area contributed by atoms with Crippen LogP contribution < -0.4 is 87.8 Å². The molecule has 0 unspecified atom stereocenters. The summed E-state index contributed by atoms with van der Waals surface area (Å²) in [6.07, 6.45) is 0. The van der Waals surface area contributed by atoms with E-state index in [4.69, 9.17) is 0 Å². The van der Waals surface area contributed by atoms with E-state index in [2.05, 4.69) is 0 Å². The van der Waals surface area contributed by atoms with Crippen LogP contribution in [0.15, 0.2) is 0 Å². The Morgan fingerprint density at radius 3 is 0.667 bits per heavy atom. The molecule has 6 heavy (non-hydrogen) atoms. The molecular weight excluding hydrogens is 204 g/mol. The van der Waals surface area contributed by atoms with Gasteiger partial charge in [-0.1, -0.05) is 0 Å². The standard InChI is InChI=1S/Cs.Li.4H2O/h;;4*1H2/q2*+1;;;;/p-2. The Balaban J connectivity index is 0. The van der Waals surface area contributed by atoms with Crippen molar-refractivity contribution in [3.8, 4) is 0 Å². The van der Waals surface area contributed by atoms with Crippen LogP contribution in [-0.4, -0.2) is 21.9 Å². The molecule has 0 rings (SSSR count). The molecule has 0 saturated carbocycles. The van der Waals surface area contributed by atoms with Crippen LogP contribution in [0.1, 0.15) is 0 Å². The third kappa shape index (κ3) is 31.6. The van der Waals surface area contributed by atoms with Gasteiger partial charge in [0.15, 0.2) is 0 Å². The van der Waals surface area contributed by atoms with Gasteiger partial charge in [-0.25, -0.2) is 0 Å². The fraction of sp³-hybridized carbons (Fsp3) is 0. The first-order chi connectivity index (χ1) is 0. The maximum atomic E-state index is 0. The van der Waals surface area contributed by atoms with Crippen LogP contribution in [0.3, 0.4) is 0 Å². The van der Waals surface area contributed by atoms with Gasteiger partial charge >= 0.3 is 87.8 Å². The Morgan fingerprint density at radius 1 is 0.667 bits per heavy atom. The first kappa shape index (κ1) is 76.8. The second-order valence-corrected chi connectivity index (χ2v) is 0. The average Bonchev–Trinajstić information content (AvgIpc) is 0. The van der Waals surface area contributed by atoms with Crippen molar-refractivity contribution in [1.82, 2.24) is 0 Å². The second-order valence-electron chi connectivity index (χ2n) is 0. The van der Waals surface area contributed by atoms with Crippen LogP contribution in [0, 0.1) is 0 Å². The largest absolute Gasteiger partial charge is 1.00 e. The molecule has 0 aromatic carbocycles. The molecule has 0 aliphatic heterocycles. The topological polar surface area (TPSA) is 123 Å². The van der Waals surface area contributed by atoms with Crippen molar-refractivity contribution in [3.05, 3.63) is 0 Å². The third-order valence-electron chi connectivity index (χ3n) is 0. The molecular formula is H6CsLiO4. The summed E-state index contributed by atoms with van der Waals surface area (Å²) in [5.74, 6) is 0. The number of hydrogen-bond donors (Lipinski definition) is 0. The molecule has 32 valence electrons. The molecule has 0 aliphatic carbocycles. The summed E-state index contributed by atoms with van der Waals surface area (Å²) >= 11 is 0. The van der Waals surface area contributed by atoms with Crippen molar-refractivity contribution in [1.29, 1.82) is 0 Å². The van der Waals surface area contributed by atoms with Crippen LogP contribution >= 0.6 is 0 Å². The van der Waals surface area contributed by atoms with Crippen molar-refractivity contribution in [2.75, 3.05) is 0 Å². The van der Waals surface area contributed by atoms with Crippen LogP contribution in [-0.2, 0) is 0 Å². The van der Waals surface area contributed by atoms with Crippen molar-refractivity contribution < 1.29 is 110 Å². The molecule has 0 aromatic heterocycles. The predicted molar refractivity (Wildman–Crippen MR) is 11.1 cm³/mol. The Morgan fingerprint density at radius 2 is 0.667 bits per heavy atom. The smallest absolute Gasteiger partial charge is 0.870 e. The Bertz CT molecular complexity index is 7.51. The predicted octanol–water partition coefficient (Wildman–Crippen LogP) is -7.99. The summed E-state index contributed by atoms with van der Waals surface area (Å²) in [6.45, 7) is 0. The molecule has 6 heteroatoms. The van der Waals surface area contributed by atoms with Gasteiger partial charge in [0.05, 0.1) is 0 Å². The SMILES string of the molecule is O.O.[Cs+].[Li+].[OH-].[OH-]. The first-order valence-corrected chi connectivity index (χ1v) is 0. The van der Waals surface area contributed by atoms with Crippen molar-refractivity contribution in [2.24, 2.45) is 0 Å². The zero-order chi connectivity index (χ0) is 0. The molecule has 0 aromatic rings. The summed E-state index contributed by atoms with van der Waals surface area (Å²) in [4.78, 5) is 0. The quantitative estimate of drug-likeness (QED) is 0.368. The van der Waals surface area contributed by atoms with Gasteiger partial charge in [0, 0.05) is 0 Å². The van der Waals surface area contributed by atoms with Gasteiger partial charge in [-0.05, 0) is 0 Å². The van der Waals surface area contributed by atoms with Crippen molar-refractivity contribution in [3.63, 3.8) is 0 Å². The monoisotopic (exact) mass is 210 g/mol. The minimum absolute atomic E-state index is 0. The summed E-state index contributed by atoms with van der Waals surface area (Å²) in [6, 6.07) is 0. The van der Waals surface area contributed by atoms with E-state index in [1.807, 2.05) is 0 Å². The van der Waals surface area contributed by atoms with E-state index >= 15 is 0 Å². The summed E-state index contributed by atoms with van der Waals surface area (Å²) in [7, 11) is 0. The molecule has 0 aliphatic rings. The summed E-state index contributed by atoms with van der Waals surface area (Å²) < 4.78 is 0. The fourth-order valence-electron chi connectivity index (χ4n) is 0. The van der Waals surface area contributed by atoms with Gasteiger partial charge in [0.25, 0.3) is 0 Å². The molecule has 0 atom stereocenters. The Kier molecular flexibility index (Phi) is 652. The van der Waals surface area contributed by atoms with Crippen LogP contribution in [0.5, 0.6) is 0 Å². The van der Waals surface area contributed by atoms with Crippen LogP contribution in [0.25, 0.3) is 0 Å². The van der Waals surface area contributed by atoms with E-state index in [9.17, 15) is 0 Å². The van der Waals surface area contributed by atoms with Crippen molar-refractivity contribution in [2.45, 2.75) is 0 Å². The molecule has 0 amide bonds. The molecule has 0 saturated heterocycles. The Hall–Kier alpha value is 2.49. The molecule has 4 nitrogen and oxygen atoms in total. The minimum atomic E-state index is 0. The summed E-state index contributed by atoms with van der Waals surface area (Å²) in [5, 5.41) is 0. The van der Waals surface area contributed by atoms with Gasteiger partial charge in [0.2, 0.25) is 0 Å². The summed E-state index contributed by atoms with van der Waals surface area (Å²) in [5.41, 5.74) is 0. The average molecular weight is 210 g/mol. The van der Waals surface area contributed by atoms with Crippen LogP contribution in [0.4, 0.5) is 0 Å². The van der Waals surface area contributed by atoms with E-state index in [1.165, 1.54) is 0 Å². The van der Waals surface area contributed by atoms with E-state index < -0.39 is 0 Å². The molecule has 0 bridgehead atoms. The number of rotatable bonds is 0. The van der Waals surface area contributed by atoms with E-state index in [-0.39, 0.29) is 110 Å². The van der Waals surface area contributed by atoms with Gasteiger partial charge in [-0.3, -0.25) is 0 Å². The first-order valence-electron chi connectivity index (χ1n) is 0. The third-order valence-corrected chi connectivity index (χ3v) is 0. The molecule has 6 N–H and O–H groups in total. The second kappa shape index (κ2) is 50.9. The molecule has 0 spiro atoms. The fourth-order valence-corrected chi connectivity index (χ4v) is 0.